The second-order valence-electron chi connectivity index (χ2n) is 6.47. The maximum atomic E-state index is 4.33. The van der Waals surface area contributed by atoms with Crippen molar-refractivity contribution in [3.8, 4) is 5.69 Å². The molecule has 140 valence electrons. The van der Waals surface area contributed by atoms with Gasteiger partial charge in [0.25, 0.3) is 0 Å². The first kappa shape index (κ1) is 18.6. The highest BCUT2D eigenvalue weighted by Crippen LogP contribution is 2.16. The normalized spacial score (nSPS) is 12.6. The van der Waals surface area contributed by atoms with Crippen molar-refractivity contribution < 1.29 is 0 Å². The van der Waals surface area contributed by atoms with Crippen LogP contribution in [0.5, 0.6) is 0 Å². The molecular weight excluding hydrogens is 336 g/mol. The van der Waals surface area contributed by atoms with Crippen LogP contribution in [0.4, 0.5) is 0 Å². The molecule has 2 N–H and O–H groups in total. The van der Waals surface area contributed by atoms with Crippen LogP contribution < -0.4 is 10.6 Å². The highest BCUT2D eigenvalue weighted by molar-refractivity contribution is 5.80. The molecule has 0 bridgehead atoms. The van der Waals surface area contributed by atoms with Crippen molar-refractivity contribution in [1.29, 1.82) is 0 Å². The fourth-order valence-electron chi connectivity index (χ4n) is 2.81. The van der Waals surface area contributed by atoms with Crippen LogP contribution in [0.3, 0.4) is 0 Å². The van der Waals surface area contributed by atoms with Crippen LogP contribution >= 0.6 is 0 Å². The van der Waals surface area contributed by atoms with Crippen molar-refractivity contribution in [1.82, 2.24) is 25.4 Å². The molecule has 0 saturated carbocycles. The first-order valence-electron chi connectivity index (χ1n) is 9.14. The van der Waals surface area contributed by atoms with Crippen LogP contribution in [0.25, 0.3) is 5.69 Å². The summed E-state index contributed by atoms with van der Waals surface area (Å²) in [4.78, 5) is 8.67. The van der Waals surface area contributed by atoms with E-state index in [-0.39, 0.29) is 6.04 Å². The molecule has 0 spiro atoms. The zero-order valence-corrected chi connectivity index (χ0v) is 16.1. The molecule has 0 aliphatic carbocycles. The third kappa shape index (κ3) is 5.17. The highest BCUT2D eigenvalue weighted by Gasteiger charge is 2.09. The van der Waals surface area contributed by atoms with Crippen LogP contribution in [0.1, 0.15) is 29.8 Å². The Labute approximate surface area is 160 Å². The van der Waals surface area contributed by atoms with Gasteiger partial charge in [0.05, 0.1) is 11.7 Å². The maximum absolute atomic E-state index is 4.33. The summed E-state index contributed by atoms with van der Waals surface area (Å²) < 4.78 is 1.86. The van der Waals surface area contributed by atoms with E-state index in [4.69, 9.17) is 0 Å². The maximum Gasteiger partial charge on any atom is 0.191 e. The van der Waals surface area contributed by atoms with E-state index >= 15 is 0 Å². The SMILES string of the molecule is CN=C(NCCc1ccc(C)nc1)NC(C)c1cccc(-n2cccn2)c1. The van der Waals surface area contributed by atoms with Gasteiger partial charge in [-0.2, -0.15) is 5.10 Å². The summed E-state index contributed by atoms with van der Waals surface area (Å²) in [7, 11) is 1.79. The lowest BCUT2D eigenvalue weighted by Crippen LogP contribution is -2.39. The second kappa shape index (κ2) is 8.98. The van der Waals surface area contributed by atoms with E-state index in [0.29, 0.717) is 0 Å². The molecule has 1 aromatic carbocycles. The molecular formula is C21H26N6. The van der Waals surface area contributed by atoms with Gasteiger partial charge in [-0.15, -0.1) is 0 Å². The van der Waals surface area contributed by atoms with Crippen LogP contribution in [0.15, 0.2) is 66.0 Å². The summed E-state index contributed by atoms with van der Waals surface area (Å²) in [5.74, 6) is 0.784. The average molecular weight is 362 g/mol. The average Bonchev–Trinajstić information content (AvgIpc) is 3.23. The zero-order valence-electron chi connectivity index (χ0n) is 16.1. The largest absolute Gasteiger partial charge is 0.356 e. The van der Waals surface area contributed by atoms with Crippen LogP contribution in [0.2, 0.25) is 0 Å². The molecule has 3 rings (SSSR count). The molecule has 0 aliphatic rings. The van der Waals surface area contributed by atoms with Gasteiger partial charge in [0, 0.05) is 37.9 Å². The monoisotopic (exact) mass is 362 g/mol. The number of aliphatic imine (C=N–C) groups is 1. The molecule has 2 heterocycles. The number of hydrogen-bond acceptors (Lipinski definition) is 3. The Hall–Kier alpha value is -3.15. The van der Waals surface area contributed by atoms with Crippen LogP contribution in [0, 0.1) is 6.92 Å². The summed E-state index contributed by atoms with van der Waals surface area (Å²) in [5.41, 5.74) is 4.47. The summed E-state index contributed by atoms with van der Waals surface area (Å²) >= 11 is 0. The van der Waals surface area contributed by atoms with Crippen LogP contribution in [-0.2, 0) is 6.42 Å². The minimum absolute atomic E-state index is 0.118. The minimum atomic E-state index is 0.118. The van der Waals surface area contributed by atoms with Gasteiger partial charge >= 0.3 is 0 Å². The molecule has 1 unspecified atom stereocenters. The summed E-state index contributed by atoms with van der Waals surface area (Å²) in [5, 5.41) is 11.1. The zero-order chi connectivity index (χ0) is 19.1. The predicted molar refractivity (Wildman–Crippen MR) is 109 cm³/mol. The van der Waals surface area contributed by atoms with Crippen LogP contribution in [-0.4, -0.2) is 34.3 Å². The number of nitrogens with one attached hydrogen (secondary N) is 2. The summed E-state index contributed by atoms with van der Waals surface area (Å²) in [6, 6.07) is 14.5. The molecule has 0 radical (unpaired) electrons. The lowest BCUT2D eigenvalue weighted by Gasteiger charge is -2.19. The lowest BCUT2D eigenvalue weighted by atomic mass is 10.1. The molecule has 6 heteroatoms. The van der Waals surface area contributed by atoms with Crippen molar-refractivity contribution >= 4 is 5.96 Å². The molecule has 3 aromatic rings. The second-order valence-corrected chi connectivity index (χ2v) is 6.47. The van der Waals surface area contributed by atoms with Crippen molar-refractivity contribution in [2.24, 2.45) is 4.99 Å². The number of benzene rings is 1. The number of nitrogens with zero attached hydrogens (tertiary/aromatic N) is 4. The first-order chi connectivity index (χ1) is 13.2. The van der Waals surface area contributed by atoms with E-state index in [2.05, 4.69) is 50.8 Å². The number of rotatable bonds is 6. The molecule has 27 heavy (non-hydrogen) atoms. The van der Waals surface area contributed by atoms with Gasteiger partial charge in [0.15, 0.2) is 5.96 Å². The minimum Gasteiger partial charge on any atom is -0.356 e. The molecule has 0 aliphatic heterocycles. The molecule has 0 saturated heterocycles. The van der Waals surface area contributed by atoms with Gasteiger partial charge in [-0.1, -0.05) is 18.2 Å². The molecule has 1 atom stereocenters. The van der Waals surface area contributed by atoms with Crippen molar-refractivity contribution in [2.45, 2.75) is 26.3 Å². The van der Waals surface area contributed by atoms with Gasteiger partial charge in [0.2, 0.25) is 0 Å². The Balaban J connectivity index is 1.56. The first-order valence-corrected chi connectivity index (χ1v) is 9.14. The molecule has 6 nitrogen and oxygen atoms in total. The van der Waals surface area contributed by atoms with Crippen molar-refractivity contribution in [3.63, 3.8) is 0 Å². The number of aryl methyl sites for hydroxylation is 1. The predicted octanol–water partition coefficient (Wildman–Crippen LogP) is 3.04. The third-order valence-electron chi connectivity index (χ3n) is 4.39. The molecule has 0 amide bonds. The van der Waals surface area contributed by atoms with Gasteiger partial charge < -0.3 is 10.6 Å². The smallest absolute Gasteiger partial charge is 0.191 e. The van der Waals surface area contributed by atoms with Gasteiger partial charge in [0.1, 0.15) is 0 Å². The number of guanidine groups is 1. The molecule has 0 fully saturated rings. The summed E-state index contributed by atoms with van der Waals surface area (Å²) in [6.45, 7) is 4.92. The van der Waals surface area contributed by atoms with Gasteiger partial charge in [-0.25, -0.2) is 4.68 Å². The van der Waals surface area contributed by atoms with E-state index in [1.807, 2.05) is 48.3 Å². The summed E-state index contributed by atoms with van der Waals surface area (Å²) in [6.07, 6.45) is 6.55. The van der Waals surface area contributed by atoms with Gasteiger partial charge in [-0.05, 0) is 55.7 Å². The third-order valence-corrected chi connectivity index (χ3v) is 4.39. The van der Waals surface area contributed by atoms with E-state index in [0.717, 1.165) is 30.3 Å². The lowest BCUT2D eigenvalue weighted by molar-refractivity contribution is 0.683. The van der Waals surface area contributed by atoms with Gasteiger partial charge in [-0.3, -0.25) is 9.98 Å². The standard InChI is InChI=1S/C21H26N6/c1-16-8-9-18(15-24-16)10-12-23-21(22-3)26-17(2)19-6-4-7-20(14-19)27-13-5-11-25-27/h4-9,11,13-15,17H,10,12H2,1-3H3,(H2,22,23,26). The topological polar surface area (TPSA) is 67.1 Å². The number of pyridine rings is 1. The Bertz CT molecular complexity index is 868. The Morgan fingerprint density at radius 2 is 2.11 bits per heavy atom. The van der Waals surface area contributed by atoms with E-state index < -0.39 is 0 Å². The number of aromatic nitrogens is 3. The Morgan fingerprint density at radius 1 is 1.22 bits per heavy atom. The fraction of sp³-hybridized carbons (Fsp3) is 0.286. The van der Waals surface area contributed by atoms with E-state index in [1.165, 1.54) is 11.1 Å². The highest BCUT2D eigenvalue weighted by atomic mass is 15.3. The van der Waals surface area contributed by atoms with E-state index in [1.54, 1.807) is 13.2 Å². The quantitative estimate of drug-likeness (QED) is 0.522. The Kier molecular flexibility index (Phi) is 6.20. The Morgan fingerprint density at radius 3 is 2.81 bits per heavy atom. The fourth-order valence-corrected chi connectivity index (χ4v) is 2.81. The van der Waals surface area contributed by atoms with Crippen molar-refractivity contribution in [2.75, 3.05) is 13.6 Å². The van der Waals surface area contributed by atoms with E-state index in [9.17, 15) is 0 Å². The number of hydrogen-bond donors (Lipinski definition) is 2. The van der Waals surface area contributed by atoms with Crippen molar-refractivity contribution in [3.05, 3.63) is 77.9 Å². The molecule has 2 aromatic heterocycles.